The van der Waals surface area contributed by atoms with E-state index in [1.165, 1.54) is 12.5 Å². The van der Waals surface area contributed by atoms with Crippen molar-refractivity contribution in [2.45, 2.75) is 39.5 Å². The molecular weight excluding hydrogens is 206 g/mol. The topological polar surface area (TPSA) is 66.4 Å². The first-order chi connectivity index (χ1) is 7.56. The van der Waals surface area contributed by atoms with Crippen LogP contribution in [0.4, 0.5) is 0 Å². The maximum atomic E-state index is 11.9. The minimum atomic E-state index is -1.08. The molecule has 0 aliphatic heterocycles. The quantitative estimate of drug-likeness (QED) is 0.721. The van der Waals surface area contributed by atoms with E-state index in [0.717, 1.165) is 19.3 Å². The molecule has 1 fully saturated rings. The third-order valence-electron chi connectivity index (χ3n) is 3.23. The van der Waals surface area contributed by atoms with Gasteiger partial charge in [-0.15, -0.1) is 0 Å². The molecule has 1 aliphatic rings. The van der Waals surface area contributed by atoms with E-state index in [-0.39, 0.29) is 17.5 Å². The third kappa shape index (κ3) is 3.08. The van der Waals surface area contributed by atoms with Gasteiger partial charge in [-0.2, -0.15) is 0 Å². The molecule has 90 valence electrons. The second-order valence-electron chi connectivity index (χ2n) is 4.36. The highest BCUT2D eigenvalue weighted by Crippen LogP contribution is 2.29. The van der Waals surface area contributed by atoms with Crippen molar-refractivity contribution in [1.82, 2.24) is 5.32 Å². The molecule has 1 aliphatic carbocycles. The van der Waals surface area contributed by atoms with Gasteiger partial charge >= 0.3 is 5.97 Å². The number of carboxylic acid groups (broad SMARTS) is 1. The van der Waals surface area contributed by atoms with Crippen LogP contribution in [0.2, 0.25) is 0 Å². The molecule has 4 nitrogen and oxygen atoms in total. The lowest BCUT2D eigenvalue weighted by atomic mass is 9.80. The summed E-state index contributed by atoms with van der Waals surface area (Å²) in [6, 6.07) is 0. The molecule has 1 amide bonds. The van der Waals surface area contributed by atoms with Crippen molar-refractivity contribution < 1.29 is 14.7 Å². The van der Waals surface area contributed by atoms with E-state index in [0.29, 0.717) is 5.92 Å². The number of nitrogens with one attached hydrogen (secondary N) is 1. The molecule has 0 saturated heterocycles. The summed E-state index contributed by atoms with van der Waals surface area (Å²) >= 11 is 0. The maximum absolute atomic E-state index is 11.9. The summed E-state index contributed by atoms with van der Waals surface area (Å²) in [5.41, 5.74) is -0.0252. The molecule has 4 heteroatoms. The third-order valence-corrected chi connectivity index (χ3v) is 3.23. The van der Waals surface area contributed by atoms with Crippen LogP contribution in [0.25, 0.3) is 0 Å². The highest BCUT2D eigenvalue weighted by atomic mass is 16.4. The molecule has 0 aromatic heterocycles. The van der Waals surface area contributed by atoms with Gasteiger partial charge in [0.05, 0.1) is 0 Å². The van der Waals surface area contributed by atoms with Crippen molar-refractivity contribution in [3.05, 3.63) is 11.8 Å². The predicted molar refractivity (Wildman–Crippen MR) is 60.7 cm³/mol. The molecule has 1 rings (SSSR count). The van der Waals surface area contributed by atoms with Crippen molar-refractivity contribution in [2.24, 2.45) is 11.8 Å². The number of allylic oxidation sites excluding steroid dienone is 1. The Morgan fingerprint density at radius 1 is 1.31 bits per heavy atom. The second kappa shape index (κ2) is 5.68. The minimum Gasteiger partial charge on any atom is -0.477 e. The van der Waals surface area contributed by atoms with Gasteiger partial charge in [0.1, 0.15) is 5.70 Å². The average molecular weight is 225 g/mol. The van der Waals surface area contributed by atoms with Gasteiger partial charge in [-0.3, -0.25) is 4.79 Å². The number of hydrogen-bond acceptors (Lipinski definition) is 2. The average Bonchev–Trinajstić information content (AvgIpc) is 2.25. The van der Waals surface area contributed by atoms with Gasteiger partial charge < -0.3 is 10.4 Å². The molecule has 2 unspecified atom stereocenters. The van der Waals surface area contributed by atoms with Crippen LogP contribution in [0, 0.1) is 11.8 Å². The molecule has 0 aromatic rings. The Balaban J connectivity index is 2.60. The van der Waals surface area contributed by atoms with Gasteiger partial charge in [-0.1, -0.05) is 25.8 Å². The van der Waals surface area contributed by atoms with E-state index in [1.54, 1.807) is 6.92 Å². The van der Waals surface area contributed by atoms with E-state index in [4.69, 9.17) is 5.11 Å². The van der Waals surface area contributed by atoms with Crippen molar-refractivity contribution in [3.8, 4) is 0 Å². The van der Waals surface area contributed by atoms with Crippen LogP contribution in [0.3, 0.4) is 0 Å². The Hall–Kier alpha value is -1.32. The van der Waals surface area contributed by atoms with Gasteiger partial charge in [0.25, 0.3) is 0 Å². The van der Waals surface area contributed by atoms with Crippen molar-refractivity contribution in [3.63, 3.8) is 0 Å². The molecule has 0 heterocycles. The Bertz CT molecular complexity index is 309. The standard InChI is InChI=1S/C12H19NO3/c1-3-10(12(15)16)13-11(14)9-7-5-4-6-8(9)2/h3,8-9H,4-7H2,1-2H3,(H,13,14)(H,15,16). The van der Waals surface area contributed by atoms with E-state index in [2.05, 4.69) is 12.2 Å². The zero-order valence-corrected chi connectivity index (χ0v) is 9.82. The van der Waals surface area contributed by atoms with Gasteiger partial charge in [0.15, 0.2) is 0 Å². The first kappa shape index (κ1) is 12.7. The molecule has 16 heavy (non-hydrogen) atoms. The number of rotatable bonds is 3. The van der Waals surface area contributed by atoms with Crippen molar-refractivity contribution >= 4 is 11.9 Å². The largest absolute Gasteiger partial charge is 0.477 e. The second-order valence-corrected chi connectivity index (χ2v) is 4.36. The van der Waals surface area contributed by atoms with E-state index in [1.807, 2.05) is 0 Å². The summed E-state index contributed by atoms with van der Waals surface area (Å²) < 4.78 is 0. The predicted octanol–water partition coefficient (Wildman–Crippen LogP) is 1.92. The van der Waals surface area contributed by atoms with E-state index in [9.17, 15) is 9.59 Å². The fraction of sp³-hybridized carbons (Fsp3) is 0.667. The number of amides is 1. The molecule has 2 N–H and O–H groups in total. The first-order valence-corrected chi connectivity index (χ1v) is 5.76. The summed E-state index contributed by atoms with van der Waals surface area (Å²) in [7, 11) is 0. The van der Waals surface area contributed by atoms with Crippen molar-refractivity contribution in [1.29, 1.82) is 0 Å². The Labute approximate surface area is 95.7 Å². The number of carbonyl (C=O) groups is 2. The number of aliphatic carboxylic acids is 1. The lowest BCUT2D eigenvalue weighted by Gasteiger charge is -2.27. The molecule has 0 radical (unpaired) electrons. The number of hydrogen-bond donors (Lipinski definition) is 2. The zero-order valence-electron chi connectivity index (χ0n) is 9.82. The van der Waals surface area contributed by atoms with Crippen LogP contribution in [0.5, 0.6) is 0 Å². The molecule has 0 spiro atoms. The van der Waals surface area contributed by atoms with E-state index < -0.39 is 5.97 Å². The first-order valence-electron chi connectivity index (χ1n) is 5.76. The van der Waals surface area contributed by atoms with Crippen LogP contribution < -0.4 is 5.32 Å². The SMILES string of the molecule is CC=C(NC(=O)C1CCCCC1C)C(=O)O. The Morgan fingerprint density at radius 3 is 2.44 bits per heavy atom. The Morgan fingerprint density at radius 2 is 1.94 bits per heavy atom. The van der Waals surface area contributed by atoms with Crippen LogP contribution in [0.15, 0.2) is 11.8 Å². The monoisotopic (exact) mass is 225 g/mol. The normalized spacial score (nSPS) is 26.2. The van der Waals surface area contributed by atoms with Crippen LogP contribution in [-0.2, 0) is 9.59 Å². The van der Waals surface area contributed by atoms with Gasteiger partial charge in [0, 0.05) is 5.92 Å². The lowest BCUT2D eigenvalue weighted by Crippen LogP contribution is -2.37. The maximum Gasteiger partial charge on any atom is 0.352 e. The highest BCUT2D eigenvalue weighted by Gasteiger charge is 2.28. The molecule has 2 atom stereocenters. The Kier molecular flexibility index (Phi) is 4.52. The van der Waals surface area contributed by atoms with Gasteiger partial charge in [-0.25, -0.2) is 4.79 Å². The highest BCUT2D eigenvalue weighted by molar-refractivity contribution is 5.93. The molecule has 1 saturated carbocycles. The summed E-state index contributed by atoms with van der Waals surface area (Å²) in [6.45, 7) is 3.66. The lowest BCUT2D eigenvalue weighted by molar-refractivity contribution is -0.135. The fourth-order valence-electron chi connectivity index (χ4n) is 2.18. The number of carbonyl (C=O) groups excluding carboxylic acids is 1. The van der Waals surface area contributed by atoms with Crippen molar-refractivity contribution in [2.75, 3.05) is 0 Å². The fourth-order valence-corrected chi connectivity index (χ4v) is 2.18. The number of carboxylic acids is 1. The molecule has 0 bridgehead atoms. The van der Waals surface area contributed by atoms with Crippen LogP contribution in [0.1, 0.15) is 39.5 Å². The molecule has 0 aromatic carbocycles. The molecular formula is C12H19NO3. The van der Waals surface area contributed by atoms with Crippen LogP contribution >= 0.6 is 0 Å². The summed E-state index contributed by atoms with van der Waals surface area (Å²) in [5.74, 6) is -0.925. The smallest absolute Gasteiger partial charge is 0.352 e. The van der Waals surface area contributed by atoms with Crippen LogP contribution in [-0.4, -0.2) is 17.0 Å². The van der Waals surface area contributed by atoms with Gasteiger partial charge in [0.2, 0.25) is 5.91 Å². The summed E-state index contributed by atoms with van der Waals surface area (Å²) in [5, 5.41) is 11.3. The van der Waals surface area contributed by atoms with E-state index >= 15 is 0 Å². The minimum absolute atomic E-state index is 0.0252. The van der Waals surface area contributed by atoms with Gasteiger partial charge in [-0.05, 0) is 25.7 Å². The zero-order chi connectivity index (χ0) is 12.1. The summed E-state index contributed by atoms with van der Waals surface area (Å²) in [4.78, 5) is 22.6. The summed E-state index contributed by atoms with van der Waals surface area (Å²) in [6.07, 6.45) is 5.55.